The summed E-state index contributed by atoms with van der Waals surface area (Å²) in [5, 5.41) is 2.71. The van der Waals surface area contributed by atoms with Gasteiger partial charge in [0.1, 0.15) is 11.6 Å². The highest BCUT2D eigenvalue weighted by Gasteiger charge is 2.40. The van der Waals surface area contributed by atoms with Gasteiger partial charge in [-0.1, -0.05) is 13.0 Å². The Balaban J connectivity index is 1.64. The summed E-state index contributed by atoms with van der Waals surface area (Å²) in [5.41, 5.74) is 5.58. The highest BCUT2D eigenvalue weighted by Crippen LogP contribution is 2.32. The molecule has 1 saturated carbocycles. The molecule has 166 valence electrons. The van der Waals surface area contributed by atoms with Crippen LogP contribution in [0.3, 0.4) is 0 Å². The van der Waals surface area contributed by atoms with Gasteiger partial charge >= 0.3 is 18.2 Å². The molecule has 1 aliphatic carbocycles. The van der Waals surface area contributed by atoms with E-state index in [1.165, 1.54) is 12.1 Å². The fraction of sp³-hybridized carbons (Fsp3) is 0.600. The number of primary amides is 1. The fourth-order valence-corrected chi connectivity index (χ4v) is 3.89. The van der Waals surface area contributed by atoms with Crippen molar-refractivity contribution in [1.29, 1.82) is 0 Å². The lowest BCUT2D eigenvalue weighted by Crippen LogP contribution is -2.57. The molecule has 3 rings (SSSR count). The lowest BCUT2D eigenvalue weighted by Gasteiger charge is -2.41. The molecule has 30 heavy (non-hydrogen) atoms. The van der Waals surface area contributed by atoms with Crippen LogP contribution in [0.1, 0.15) is 38.7 Å². The van der Waals surface area contributed by atoms with Crippen molar-refractivity contribution in [3.8, 4) is 5.75 Å². The summed E-state index contributed by atoms with van der Waals surface area (Å²) in [5.74, 6) is -0.842. The maximum Gasteiger partial charge on any atom is 0.394 e. The SMILES string of the molecule is C[C@H]1CC(N(C(=O)NCc2ccc(OC(C)(F)F)cc2F)C2CC2)CN(C(N)=O)C1. The third-order valence-corrected chi connectivity index (χ3v) is 5.27. The number of hydrogen-bond donors (Lipinski definition) is 2. The number of carbonyl (C=O) groups is 2. The number of benzene rings is 1. The van der Waals surface area contributed by atoms with Gasteiger partial charge in [0.15, 0.2) is 0 Å². The number of amides is 4. The third-order valence-electron chi connectivity index (χ3n) is 5.27. The van der Waals surface area contributed by atoms with E-state index in [9.17, 15) is 22.8 Å². The first kappa shape index (κ1) is 22.0. The Morgan fingerprint density at radius 3 is 2.57 bits per heavy atom. The largest absolute Gasteiger partial charge is 0.433 e. The van der Waals surface area contributed by atoms with E-state index < -0.39 is 18.0 Å². The molecule has 2 fully saturated rings. The predicted molar refractivity (Wildman–Crippen MR) is 103 cm³/mol. The molecule has 1 heterocycles. The lowest BCUT2D eigenvalue weighted by atomic mass is 9.95. The van der Waals surface area contributed by atoms with E-state index in [0.717, 1.165) is 25.3 Å². The number of carbonyl (C=O) groups excluding carboxylic acids is 2. The number of nitrogens with zero attached hydrogens (tertiary/aromatic N) is 2. The molecule has 0 bridgehead atoms. The van der Waals surface area contributed by atoms with Gasteiger partial charge in [-0.3, -0.25) is 0 Å². The molecule has 1 saturated heterocycles. The van der Waals surface area contributed by atoms with Crippen LogP contribution in [0.2, 0.25) is 0 Å². The van der Waals surface area contributed by atoms with Gasteiger partial charge in [-0.05, 0) is 31.2 Å². The molecule has 7 nitrogen and oxygen atoms in total. The summed E-state index contributed by atoms with van der Waals surface area (Å²) in [7, 11) is 0. The molecular formula is C20H27F3N4O3. The van der Waals surface area contributed by atoms with Crippen LogP contribution in [0.5, 0.6) is 5.75 Å². The van der Waals surface area contributed by atoms with Crippen LogP contribution < -0.4 is 15.8 Å². The predicted octanol–water partition coefficient (Wildman–Crippen LogP) is 3.28. The molecule has 2 aliphatic rings. The molecule has 1 aromatic rings. The summed E-state index contributed by atoms with van der Waals surface area (Å²) in [6.45, 7) is 3.40. The number of urea groups is 2. The van der Waals surface area contributed by atoms with Crippen LogP contribution in [0.4, 0.5) is 22.8 Å². The van der Waals surface area contributed by atoms with Crippen LogP contribution in [0.25, 0.3) is 0 Å². The average molecular weight is 428 g/mol. The molecule has 0 aromatic heterocycles. The van der Waals surface area contributed by atoms with E-state index >= 15 is 0 Å². The summed E-state index contributed by atoms with van der Waals surface area (Å²) < 4.78 is 44.4. The van der Waals surface area contributed by atoms with E-state index in [-0.39, 0.29) is 41.9 Å². The molecule has 4 amide bonds. The van der Waals surface area contributed by atoms with Gasteiger partial charge in [0.05, 0.1) is 6.04 Å². The van der Waals surface area contributed by atoms with Crippen molar-refractivity contribution >= 4 is 12.1 Å². The Morgan fingerprint density at radius 2 is 2.00 bits per heavy atom. The van der Waals surface area contributed by atoms with Crippen LogP contribution in [-0.2, 0) is 6.54 Å². The summed E-state index contributed by atoms with van der Waals surface area (Å²) >= 11 is 0. The van der Waals surface area contributed by atoms with Gasteiger partial charge in [-0.2, -0.15) is 8.78 Å². The minimum absolute atomic E-state index is 0.0856. The van der Waals surface area contributed by atoms with Crippen molar-refractivity contribution in [3.05, 3.63) is 29.6 Å². The lowest BCUT2D eigenvalue weighted by molar-refractivity contribution is -0.159. The highest BCUT2D eigenvalue weighted by molar-refractivity contribution is 5.76. The number of halogens is 3. The third kappa shape index (κ3) is 5.70. The minimum Gasteiger partial charge on any atom is -0.433 e. The number of nitrogens with one attached hydrogen (secondary N) is 1. The second kappa shape index (κ2) is 8.61. The van der Waals surface area contributed by atoms with Crippen LogP contribution in [-0.4, -0.2) is 53.1 Å². The van der Waals surface area contributed by atoms with Crippen molar-refractivity contribution in [2.75, 3.05) is 13.1 Å². The summed E-state index contributed by atoms with van der Waals surface area (Å²) in [4.78, 5) is 27.8. The zero-order chi connectivity index (χ0) is 22.1. The standard InChI is InChI=1S/C20H27F3N4O3/c1-12-7-15(11-26(10-12)18(24)28)27(14-4-5-14)19(29)25-9-13-3-6-16(8-17(13)21)30-20(2,22)23/h3,6,8,12,14-15H,4-5,7,9-11H2,1-2H3,(H2,24,28)(H,25,29)/t12-,15?/m0/s1. The number of rotatable bonds is 6. The van der Waals surface area contributed by atoms with Crippen molar-refractivity contribution < 1.29 is 27.5 Å². The van der Waals surface area contributed by atoms with Crippen LogP contribution in [0, 0.1) is 11.7 Å². The van der Waals surface area contributed by atoms with Crippen molar-refractivity contribution in [1.82, 2.24) is 15.1 Å². The summed E-state index contributed by atoms with van der Waals surface area (Å²) in [6.07, 6.45) is -0.914. The molecule has 0 radical (unpaired) electrons. The second-order valence-corrected chi connectivity index (χ2v) is 8.20. The van der Waals surface area contributed by atoms with E-state index in [1.54, 1.807) is 9.80 Å². The van der Waals surface area contributed by atoms with Gasteiger partial charge in [0, 0.05) is 44.2 Å². The highest BCUT2D eigenvalue weighted by atomic mass is 19.3. The molecule has 2 atom stereocenters. The fourth-order valence-electron chi connectivity index (χ4n) is 3.89. The molecule has 1 aromatic carbocycles. The van der Waals surface area contributed by atoms with Crippen molar-refractivity contribution in [2.45, 2.75) is 57.8 Å². The second-order valence-electron chi connectivity index (χ2n) is 8.20. The topological polar surface area (TPSA) is 87.9 Å². The molecule has 1 aliphatic heterocycles. The van der Waals surface area contributed by atoms with Gasteiger partial charge in [0.2, 0.25) is 0 Å². The maximum absolute atomic E-state index is 14.2. The Kier molecular flexibility index (Phi) is 6.33. The van der Waals surface area contributed by atoms with Crippen LogP contribution >= 0.6 is 0 Å². The Labute approximate surface area is 173 Å². The van der Waals surface area contributed by atoms with Gasteiger partial charge in [0.25, 0.3) is 0 Å². The molecule has 10 heteroatoms. The number of alkyl halides is 2. The first-order chi connectivity index (χ1) is 14.0. The maximum atomic E-state index is 14.2. The van der Waals surface area contributed by atoms with Gasteiger partial charge in [-0.15, -0.1) is 0 Å². The number of nitrogens with two attached hydrogens (primary N) is 1. The zero-order valence-electron chi connectivity index (χ0n) is 17.0. The van der Waals surface area contributed by atoms with Crippen LogP contribution in [0.15, 0.2) is 18.2 Å². The average Bonchev–Trinajstić information content (AvgIpc) is 3.44. The number of likely N-dealkylation sites (tertiary alicyclic amines) is 1. The number of hydrogen-bond acceptors (Lipinski definition) is 3. The van der Waals surface area contributed by atoms with Crippen molar-refractivity contribution in [2.24, 2.45) is 11.7 Å². The van der Waals surface area contributed by atoms with E-state index in [0.29, 0.717) is 20.0 Å². The smallest absolute Gasteiger partial charge is 0.394 e. The first-order valence-corrected chi connectivity index (χ1v) is 9.99. The zero-order valence-corrected chi connectivity index (χ0v) is 17.0. The monoisotopic (exact) mass is 428 g/mol. The van der Waals surface area contributed by atoms with E-state index in [4.69, 9.17) is 5.73 Å². The molecule has 1 unspecified atom stereocenters. The Bertz CT molecular complexity index is 798. The summed E-state index contributed by atoms with van der Waals surface area (Å²) in [6, 6.07) is 2.46. The number of ether oxygens (including phenoxy) is 1. The van der Waals surface area contributed by atoms with E-state index in [1.807, 2.05) is 6.92 Å². The van der Waals surface area contributed by atoms with E-state index in [2.05, 4.69) is 10.1 Å². The molecule has 3 N–H and O–H groups in total. The molecule has 0 spiro atoms. The normalized spacial score (nSPS) is 21.8. The quantitative estimate of drug-likeness (QED) is 0.729. The molecular weight excluding hydrogens is 401 g/mol. The number of piperidine rings is 1. The Morgan fingerprint density at radius 1 is 1.30 bits per heavy atom. The van der Waals surface area contributed by atoms with Crippen molar-refractivity contribution in [3.63, 3.8) is 0 Å². The Hall–Kier alpha value is -2.65. The van der Waals surface area contributed by atoms with Gasteiger partial charge in [-0.25, -0.2) is 14.0 Å². The van der Waals surface area contributed by atoms with Gasteiger partial charge < -0.3 is 25.6 Å². The minimum atomic E-state index is -3.41. The first-order valence-electron chi connectivity index (χ1n) is 9.99.